The second kappa shape index (κ2) is 5.04. The summed E-state index contributed by atoms with van der Waals surface area (Å²) in [7, 11) is 0. The molecule has 0 aliphatic heterocycles. The first-order chi connectivity index (χ1) is 11.2. The minimum atomic E-state index is -4.77. The lowest BCUT2D eigenvalue weighted by atomic mass is 9.77. The molecule has 3 rings (SSSR count). The van der Waals surface area contributed by atoms with Gasteiger partial charge in [0.05, 0.1) is 10.8 Å². The number of hydrogen-bond donors (Lipinski definition) is 1. The molecule has 0 spiro atoms. The Bertz CT molecular complexity index is 707. The summed E-state index contributed by atoms with van der Waals surface area (Å²) in [5.74, 6) is -3.01. The van der Waals surface area contributed by atoms with Crippen molar-refractivity contribution < 1.29 is 35.8 Å². The molecular formula is C17H17F7O. The van der Waals surface area contributed by atoms with Crippen molar-refractivity contribution in [3.63, 3.8) is 0 Å². The van der Waals surface area contributed by atoms with Crippen LogP contribution in [0.15, 0.2) is 6.07 Å². The first-order valence-electron chi connectivity index (χ1n) is 7.94. The molecule has 0 atom stereocenters. The van der Waals surface area contributed by atoms with Crippen LogP contribution in [0.3, 0.4) is 0 Å². The van der Waals surface area contributed by atoms with E-state index in [-0.39, 0.29) is 18.4 Å². The molecule has 0 unspecified atom stereocenters. The van der Waals surface area contributed by atoms with E-state index in [0.717, 1.165) is 19.9 Å². The van der Waals surface area contributed by atoms with Crippen molar-refractivity contribution in [1.82, 2.24) is 0 Å². The Hall–Kier alpha value is -1.47. The maximum absolute atomic E-state index is 14.7. The molecule has 0 bridgehead atoms. The van der Waals surface area contributed by atoms with Gasteiger partial charge in [-0.25, -0.2) is 4.39 Å². The van der Waals surface area contributed by atoms with E-state index in [1.165, 1.54) is 0 Å². The molecule has 0 saturated heterocycles. The van der Waals surface area contributed by atoms with E-state index in [2.05, 4.69) is 0 Å². The Morgan fingerprint density at radius 2 is 1.56 bits per heavy atom. The van der Waals surface area contributed by atoms with Gasteiger partial charge in [-0.05, 0) is 62.6 Å². The summed E-state index contributed by atoms with van der Waals surface area (Å²) in [5.41, 5.74) is -6.59. The second-order valence-corrected chi connectivity index (χ2v) is 7.52. The predicted molar refractivity (Wildman–Crippen MR) is 76.1 cm³/mol. The van der Waals surface area contributed by atoms with Crippen LogP contribution in [-0.4, -0.2) is 17.5 Å². The zero-order valence-corrected chi connectivity index (χ0v) is 13.6. The van der Waals surface area contributed by atoms with E-state index in [1.807, 2.05) is 0 Å². The van der Waals surface area contributed by atoms with Crippen LogP contribution in [0.1, 0.15) is 62.1 Å². The molecule has 2 aliphatic carbocycles. The fourth-order valence-electron chi connectivity index (χ4n) is 3.29. The summed E-state index contributed by atoms with van der Waals surface area (Å²) in [6.45, 7) is 1.64. The van der Waals surface area contributed by atoms with Gasteiger partial charge in [-0.2, -0.15) is 26.3 Å². The van der Waals surface area contributed by atoms with Gasteiger partial charge in [0.15, 0.2) is 11.6 Å². The minimum Gasteiger partial charge on any atom is -0.505 e. The van der Waals surface area contributed by atoms with Crippen LogP contribution in [0.25, 0.3) is 0 Å². The third kappa shape index (κ3) is 2.59. The number of aromatic hydroxyl groups is 1. The van der Waals surface area contributed by atoms with Gasteiger partial charge < -0.3 is 5.11 Å². The minimum absolute atomic E-state index is 0.304. The van der Waals surface area contributed by atoms with E-state index in [1.54, 1.807) is 0 Å². The molecule has 0 amide bonds. The van der Waals surface area contributed by atoms with E-state index >= 15 is 0 Å². The number of rotatable bonds is 3. The van der Waals surface area contributed by atoms with Gasteiger partial charge in [0.25, 0.3) is 0 Å². The molecule has 1 N–H and O–H groups in total. The summed E-state index contributed by atoms with van der Waals surface area (Å²) in [4.78, 5) is 0. The summed E-state index contributed by atoms with van der Waals surface area (Å²) in [5, 5.41) is 10.0. The monoisotopic (exact) mass is 370 g/mol. The molecule has 2 aliphatic rings. The molecule has 0 heterocycles. The van der Waals surface area contributed by atoms with E-state index in [0.29, 0.717) is 12.8 Å². The highest BCUT2D eigenvalue weighted by molar-refractivity contribution is 5.54. The van der Waals surface area contributed by atoms with Crippen molar-refractivity contribution in [2.75, 3.05) is 0 Å². The van der Waals surface area contributed by atoms with Crippen molar-refractivity contribution in [3.05, 3.63) is 28.6 Å². The highest BCUT2D eigenvalue weighted by atomic mass is 19.4. The number of hydrogen-bond acceptors (Lipinski definition) is 1. The Morgan fingerprint density at radius 1 is 1.04 bits per heavy atom. The molecule has 0 aromatic heterocycles. The summed E-state index contributed by atoms with van der Waals surface area (Å²) >= 11 is 0. The van der Waals surface area contributed by atoms with Crippen molar-refractivity contribution in [2.24, 2.45) is 0 Å². The number of halogens is 7. The number of phenolic OH excluding ortho intramolecular Hbond substituents is 1. The fraction of sp³-hybridized carbons (Fsp3) is 0.647. The standard InChI is InChI=1S/C17H17F7O/c1-14(2,16(19,20)21)9-7-10(15(5-6-15)17(22,23)24)13(25)12(18)11(9)8-3-4-8/h7-8,25H,3-6H2,1-2H3. The SMILES string of the molecule is CC(C)(c1cc(C2(C(F)(F)F)CC2)c(O)c(F)c1C1CC1)C(F)(F)F. The number of alkyl halides is 6. The fourth-order valence-corrected chi connectivity index (χ4v) is 3.29. The highest BCUT2D eigenvalue weighted by Crippen LogP contribution is 2.63. The van der Waals surface area contributed by atoms with Gasteiger partial charge >= 0.3 is 12.4 Å². The number of phenols is 1. The molecule has 8 heteroatoms. The predicted octanol–water partition coefficient (Wildman–Crippen LogP) is 5.84. The van der Waals surface area contributed by atoms with E-state index < -0.39 is 51.8 Å². The van der Waals surface area contributed by atoms with Gasteiger partial charge in [0.2, 0.25) is 0 Å². The van der Waals surface area contributed by atoms with Gasteiger partial charge in [0, 0.05) is 5.56 Å². The maximum Gasteiger partial charge on any atom is 0.398 e. The molecule has 2 saturated carbocycles. The van der Waals surface area contributed by atoms with Gasteiger partial charge in [-0.1, -0.05) is 0 Å². The lowest BCUT2D eigenvalue weighted by Gasteiger charge is -2.32. The van der Waals surface area contributed by atoms with Crippen molar-refractivity contribution >= 4 is 0 Å². The lowest BCUT2D eigenvalue weighted by Crippen LogP contribution is -2.38. The van der Waals surface area contributed by atoms with Crippen LogP contribution in [-0.2, 0) is 10.8 Å². The zero-order chi connectivity index (χ0) is 19.0. The number of benzene rings is 1. The van der Waals surface area contributed by atoms with E-state index in [9.17, 15) is 35.8 Å². The Morgan fingerprint density at radius 3 is 1.92 bits per heavy atom. The third-order valence-corrected chi connectivity index (χ3v) is 5.45. The summed E-state index contributed by atoms with van der Waals surface area (Å²) in [6, 6.07) is 0.736. The Labute approximate surface area is 139 Å². The third-order valence-electron chi connectivity index (χ3n) is 5.45. The van der Waals surface area contributed by atoms with Crippen LogP contribution >= 0.6 is 0 Å². The summed E-state index contributed by atoms with van der Waals surface area (Å²) < 4.78 is 95.3. The van der Waals surface area contributed by atoms with Crippen LogP contribution in [0, 0.1) is 5.82 Å². The van der Waals surface area contributed by atoms with Crippen LogP contribution in [0.4, 0.5) is 30.7 Å². The molecule has 1 nitrogen and oxygen atoms in total. The molecule has 2 fully saturated rings. The average molecular weight is 370 g/mol. The molecule has 0 radical (unpaired) electrons. The maximum atomic E-state index is 14.7. The van der Waals surface area contributed by atoms with Crippen LogP contribution < -0.4 is 0 Å². The first kappa shape index (κ1) is 18.3. The van der Waals surface area contributed by atoms with Crippen molar-refractivity contribution in [1.29, 1.82) is 0 Å². The summed E-state index contributed by atoms with van der Waals surface area (Å²) in [6.07, 6.45) is -9.40. The smallest absolute Gasteiger partial charge is 0.398 e. The van der Waals surface area contributed by atoms with E-state index in [4.69, 9.17) is 0 Å². The topological polar surface area (TPSA) is 20.2 Å². The molecule has 1 aromatic rings. The highest BCUT2D eigenvalue weighted by Gasteiger charge is 2.66. The Kier molecular flexibility index (Phi) is 3.69. The second-order valence-electron chi connectivity index (χ2n) is 7.52. The first-order valence-corrected chi connectivity index (χ1v) is 7.94. The molecular weight excluding hydrogens is 353 g/mol. The molecule has 1 aromatic carbocycles. The lowest BCUT2D eigenvalue weighted by molar-refractivity contribution is -0.180. The largest absolute Gasteiger partial charge is 0.505 e. The van der Waals surface area contributed by atoms with Gasteiger partial charge in [-0.15, -0.1) is 0 Å². The molecule has 140 valence electrons. The normalized spacial score (nSPS) is 20.7. The van der Waals surface area contributed by atoms with Crippen LogP contribution in [0.2, 0.25) is 0 Å². The Balaban J connectivity index is 2.28. The quantitative estimate of drug-likeness (QED) is 0.663. The molecule has 25 heavy (non-hydrogen) atoms. The van der Waals surface area contributed by atoms with Crippen molar-refractivity contribution in [3.8, 4) is 5.75 Å². The van der Waals surface area contributed by atoms with Gasteiger partial charge in [0.1, 0.15) is 0 Å². The van der Waals surface area contributed by atoms with Crippen molar-refractivity contribution in [2.45, 2.75) is 68.6 Å². The van der Waals surface area contributed by atoms with Crippen LogP contribution in [0.5, 0.6) is 5.75 Å². The average Bonchev–Trinajstić information content (AvgIpc) is 3.32. The van der Waals surface area contributed by atoms with Gasteiger partial charge in [-0.3, -0.25) is 0 Å². The zero-order valence-electron chi connectivity index (χ0n) is 13.6.